The lowest BCUT2D eigenvalue weighted by molar-refractivity contribution is 0.0665. The van der Waals surface area contributed by atoms with Crippen LogP contribution in [0.3, 0.4) is 0 Å². The molecule has 0 aromatic heterocycles. The summed E-state index contributed by atoms with van der Waals surface area (Å²) >= 11 is 0. The standard InChI is InChI=1S/C18H21NO4/c1-23-16-10-6-5-9-15(16)17(22)19-18(12-20,13-21)11-14-7-3-2-4-8-14/h2-10,20-21H,11-13H2,1H3,(H,19,22). The van der Waals surface area contributed by atoms with Crippen molar-refractivity contribution < 1.29 is 19.7 Å². The van der Waals surface area contributed by atoms with Gasteiger partial charge in [-0.3, -0.25) is 4.79 Å². The van der Waals surface area contributed by atoms with Gasteiger partial charge in [-0.25, -0.2) is 0 Å². The first-order valence-electron chi connectivity index (χ1n) is 7.35. The van der Waals surface area contributed by atoms with Crippen LogP contribution in [0.2, 0.25) is 0 Å². The van der Waals surface area contributed by atoms with Gasteiger partial charge in [0.25, 0.3) is 5.91 Å². The molecule has 0 heterocycles. The van der Waals surface area contributed by atoms with Crippen LogP contribution in [0.4, 0.5) is 0 Å². The quantitative estimate of drug-likeness (QED) is 0.721. The molecule has 0 unspecified atom stereocenters. The Morgan fingerprint density at radius 3 is 2.26 bits per heavy atom. The second kappa shape index (κ2) is 7.76. The molecule has 5 heteroatoms. The number of rotatable bonds is 7. The maximum Gasteiger partial charge on any atom is 0.255 e. The highest BCUT2D eigenvalue weighted by atomic mass is 16.5. The van der Waals surface area contributed by atoms with E-state index >= 15 is 0 Å². The highest BCUT2D eigenvalue weighted by molar-refractivity contribution is 5.97. The van der Waals surface area contributed by atoms with Crippen LogP contribution in [0.1, 0.15) is 15.9 Å². The Morgan fingerprint density at radius 2 is 1.65 bits per heavy atom. The van der Waals surface area contributed by atoms with Crippen LogP contribution in [0.25, 0.3) is 0 Å². The molecular weight excluding hydrogens is 294 g/mol. The lowest BCUT2D eigenvalue weighted by Gasteiger charge is -2.31. The van der Waals surface area contributed by atoms with Crippen molar-refractivity contribution in [3.8, 4) is 5.75 Å². The molecule has 1 amide bonds. The molecule has 0 radical (unpaired) electrons. The van der Waals surface area contributed by atoms with Crippen molar-refractivity contribution in [3.63, 3.8) is 0 Å². The Morgan fingerprint density at radius 1 is 1.04 bits per heavy atom. The van der Waals surface area contributed by atoms with Gasteiger partial charge >= 0.3 is 0 Å². The lowest BCUT2D eigenvalue weighted by Crippen LogP contribution is -2.55. The van der Waals surface area contributed by atoms with Crippen LogP contribution in [0, 0.1) is 0 Å². The fourth-order valence-corrected chi connectivity index (χ4v) is 2.41. The van der Waals surface area contributed by atoms with Gasteiger partial charge in [0.2, 0.25) is 0 Å². The average molecular weight is 315 g/mol. The molecule has 2 aromatic rings. The number of hydrogen-bond donors (Lipinski definition) is 3. The minimum atomic E-state index is -1.14. The number of aliphatic hydroxyl groups is 2. The number of carbonyl (C=O) groups is 1. The minimum Gasteiger partial charge on any atom is -0.496 e. The van der Waals surface area contributed by atoms with E-state index in [1.54, 1.807) is 24.3 Å². The zero-order valence-corrected chi connectivity index (χ0v) is 13.0. The fourth-order valence-electron chi connectivity index (χ4n) is 2.41. The summed E-state index contributed by atoms with van der Waals surface area (Å²) < 4.78 is 5.18. The number of benzene rings is 2. The van der Waals surface area contributed by atoms with Crippen molar-refractivity contribution in [2.75, 3.05) is 20.3 Å². The van der Waals surface area contributed by atoms with Crippen molar-refractivity contribution in [1.29, 1.82) is 0 Å². The molecule has 23 heavy (non-hydrogen) atoms. The normalized spacial score (nSPS) is 11.1. The smallest absolute Gasteiger partial charge is 0.255 e. The Labute approximate surface area is 135 Å². The van der Waals surface area contributed by atoms with E-state index in [0.29, 0.717) is 17.7 Å². The Kier molecular flexibility index (Phi) is 5.73. The third-order valence-electron chi connectivity index (χ3n) is 3.72. The van der Waals surface area contributed by atoms with Crippen molar-refractivity contribution >= 4 is 5.91 Å². The van der Waals surface area contributed by atoms with Gasteiger partial charge in [0, 0.05) is 6.42 Å². The second-order valence-corrected chi connectivity index (χ2v) is 5.41. The van der Waals surface area contributed by atoms with Crippen LogP contribution in [0.5, 0.6) is 5.75 Å². The summed E-state index contributed by atoms with van der Waals surface area (Å²) in [6.45, 7) is -0.751. The summed E-state index contributed by atoms with van der Waals surface area (Å²) in [6.07, 6.45) is 0.321. The molecule has 0 aliphatic heterocycles. The van der Waals surface area contributed by atoms with Gasteiger partial charge in [0.15, 0.2) is 0 Å². The van der Waals surface area contributed by atoms with Crippen LogP contribution in [-0.2, 0) is 6.42 Å². The molecule has 3 N–H and O–H groups in total. The largest absolute Gasteiger partial charge is 0.496 e. The number of hydrogen-bond acceptors (Lipinski definition) is 4. The van der Waals surface area contributed by atoms with Crippen molar-refractivity contribution in [3.05, 3.63) is 65.7 Å². The summed E-state index contributed by atoms with van der Waals surface area (Å²) in [5.41, 5.74) is 0.129. The first kappa shape index (κ1) is 17.0. The highest BCUT2D eigenvalue weighted by Gasteiger charge is 2.32. The number of amides is 1. The topological polar surface area (TPSA) is 78.8 Å². The molecule has 5 nitrogen and oxygen atoms in total. The van der Waals surface area contributed by atoms with Gasteiger partial charge in [-0.1, -0.05) is 42.5 Å². The summed E-state index contributed by atoms with van der Waals surface area (Å²) in [5, 5.41) is 22.3. The minimum absolute atomic E-state index is 0.321. The number of aliphatic hydroxyl groups excluding tert-OH is 2. The zero-order chi connectivity index (χ0) is 16.7. The summed E-state index contributed by atoms with van der Waals surface area (Å²) in [4.78, 5) is 12.5. The first-order valence-corrected chi connectivity index (χ1v) is 7.35. The monoisotopic (exact) mass is 315 g/mol. The predicted octanol–water partition coefficient (Wildman–Crippen LogP) is 1.39. The average Bonchev–Trinajstić information content (AvgIpc) is 2.61. The molecular formula is C18H21NO4. The van der Waals surface area contributed by atoms with Gasteiger partial charge in [-0.2, -0.15) is 0 Å². The molecule has 0 atom stereocenters. The van der Waals surface area contributed by atoms with E-state index in [1.165, 1.54) is 7.11 Å². The Balaban J connectivity index is 2.23. The van der Waals surface area contributed by atoms with E-state index < -0.39 is 11.4 Å². The van der Waals surface area contributed by atoms with Gasteiger partial charge in [0.05, 0.1) is 31.4 Å². The maximum atomic E-state index is 12.5. The molecule has 0 spiro atoms. The molecule has 0 fully saturated rings. The maximum absolute atomic E-state index is 12.5. The number of ether oxygens (including phenoxy) is 1. The van der Waals surface area contributed by atoms with Crippen LogP contribution in [-0.4, -0.2) is 42.0 Å². The SMILES string of the molecule is COc1ccccc1C(=O)NC(CO)(CO)Cc1ccccc1. The predicted molar refractivity (Wildman–Crippen MR) is 87.5 cm³/mol. The number of methoxy groups -OCH3 is 1. The molecule has 122 valence electrons. The second-order valence-electron chi connectivity index (χ2n) is 5.41. The third kappa shape index (κ3) is 4.09. The first-order chi connectivity index (χ1) is 11.1. The van der Waals surface area contributed by atoms with E-state index in [-0.39, 0.29) is 13.2 Å². The van der Waals surface area contributed by atoms with E-state index in [4.69, 9.17) is 4.74 Å². The molecule has 0 aliphatic rings. The van der Waals surface area contributed by atoms with E-state index in [9.17, 15) is 15.0 Å². The molecule has 2 rings (SSSR count). The molecule has 0 aliphatic carbocycles. The van der Waals surface area contributed by atoms with Crippen LogP contribution >= 0.6 is 0 Å². The third-order valence-corrected chi connectivity index (χ3v) is 3.72. The molecule has 0 bridgehead atoms. The van der Waals surface area contributed by atoms with Crippen molar-refractivity contribution in [2.24, 2.45) is 0 Å². The van der Waals surface area contributed by atoms with E-state index in [0.717, 1.165) is 5.56 Å². The summed E-state index contributed by atoms with van der Waals surface area (Å²) in [6, 6.07) is 16.2. The Bertz CT molecular complexity index is 638. The molecule has 2 aromatic carbocycles. The van der Waals surface area contributed by atoms with Crippen molar-refractivity contribution in [1.82, 2.24) is 5.32 Å². The van der Waals surface area contributed by atoms with Gasteiger partial charge in [0.1, 0.15) is 5.75 Å². The lowest BCUT2D eigenvalue weighted by atomic mass is 9.91. The molecule has 0 saturated heterocycles. The van der Waals surface area contributed by atoms with Crippen LogP contribution in [0.15, 0.2) is 54.6 Å². The van der Waals surface area contributed by atoms with Gasteiger partial charge < -0.3 is 20.3 Å². The Hall–Kier alpha value is -2.37. The fraction of sp³-hybridized carbons (Fsp3) is 0.278. The summed E-state index contributed by atoms with van der Waals surface area (Å²) in [7, 11) is 1.49. The van der Waals surface area contributed by atoms with E-state index in [1.807, 2.05) is 30.3 Å². The molecule has 0 saturated carbocycles. The highest BCUT2D eigenvalue weighted by Crippen LogP contribution is 2.20. The summed E-state index contributed by atoms with van der Waals surface area (Å²) in [5.74, 6) is 0.0379. The number of carbonyl (C=O) groups excluding carboxylic acids is 1. The van der Waals surface area contributed by atoms with Gasteiger partial charge in [-0.05, 0) is 17.7 Å². The van der Waals surface area contributed by atoms with Crippen LogP contribution < -0.4 is 10.1 Å². The number of para-hydroxylation sites is 1. The van der Waals surface area contributed by atoms with Crippen molar-refractivity contribution in [2.45, 2.75) is 12.0 Å². The van der Waals surface area contributed by atoms with E-state index in [2.05, 4.69) is 5.32 Å². The van der Waals surface area contributed by atoms with Gasteiger partial charge in [-0.15, -0.1) is 0 Å². The number of nitrogens with one attached hydrogen (secondary N) is 1. The zero-order valence-electron chi connectivity index (χ0n) is 13.0.